The summed E-state index contributed by atoms with van der Waals surface area (Å²) in [5.41, 5.74) is 3.02. The number of nitrogens with one attached hydrogen (secondary N) is 1. The maximum atomic E-state index is 13.4. The van der Waals surface area contributed by atoms with Crippen LogP contribution >= 0.6 is 0 Å². The van der Waals surface area contributed by atoms with Crippen molar-refractivity contribution >= 4 is 21.4 Å². The van der Waals surface area contributed by atoms with E-state index in [1.807, 2.05) is 12.1 Å². The number of halogens is 1. The van der Waals surface area contributed by atoms with E-state index in [0.29, 0.717) is 17.9 Å². The van der Waals surface area contributed by atoms with Gasteiger partial charge in [-0.25, -0.2) is 12.8 Å². The Morgan fingerprint density at radius 1 is 1.23 bits per heavy atom. The molecule has 3 rings (SSSR count). The van der Waals surface area contributed by atoms with E-state index >= 15 is 0 Å². The van der Waals surface area contributed by atoms with E-state index in [9.17, 15) is 12.8 Å². The zero-order chi connectivity index (χ0) is 18.7. The predicted molar refractivity (Wildman–Crippen MR) is 101 cm³/mol. The summed E-state index contributed by atoms with van der Waals surface area (Å²) < 4.78 is 46.4. The number of anilines is 2. The molecule has 0 bridgehead atoms. The van der Waals surface area contributed by atoms with Gasteiger partial charge in [-0.05, 0) is 61.2 Å². The van der Waals surface area contributed by atoms with Crippen LogP contribution in [0.5, 0.6) is 0 Å². The predicted octanol–water partition coefficient (Wildman–Crippen LogP) is 3.33. The van der Waals surface area contributed by atoms with Crippen LogP contribution in [0, 0.1) is 12.7 Å². The Morgan fingerprint density at radius 3 is 2.77 bits per heavy atom. The summed E-state index contributed by atoms with van der Waals surface area (Å²) in [4.78, 5) is 2.26. The lowest BCUT2D eigenvalue weighted by Gasteiger charge is -2.31. The average molecular weight is 378 g/mol. The first-order valence-corrected chi connectivity index (χ1v) is 10.0. The van der Waals surface area contributed by atoms with Gasteiger partial charge in [0, 0.05) is 25.9 Å². The first-order chi connectivity index (χ1) is 12.4. The van der Waals surface area contributed by atoms with Crippen molar-refractivity contribution in [3.8, 4) is 0 Å². The number of rotatable bonds is 6. The van der Waals surface area contributed by atoms with Crippen LogP contribution in [-0.4, -0.2) is 35.2 Å². The van der Waals surface area contributed by atoms with Gasteiger partial charge < -0.3 is 9.64 Å². The Kier molecular flexibility index (Phi) is 5.48. The minimum Gasteiger partial charge on any atom is -0.383 e. The average Bonchev–Trinajstić information content (AvgIpc) is 2.61. The third-order valence-corrected chi connectivity index (χ3v) is 5.94. The fraction of sp³-hybridized carbons (Fsp3) is 0.368. The molecule has 0 aliphatic carbocycles. The van der Waals surface area contributed by atoms with Crippen LogP contribution in [0.1, 0.15) is 17.5 Å². The van der Waals surface area contributed by atoms with Crippen LogP contribution in [0.15, 0.2) is 41.3 Å². The summed E-state index contributed by atoms with van der Waals surface area (Å²) in [6, 6.07) is 9.37. The standard InChI is InChI=1S/C19H23FN2O3S/c1-14-12-17(7-8-18(14)20)26(23,24)21-16-6-5-15-4-3-9-22(10-11-25-2)19(15)13-16/h5-8,12-13,21H,3-4,9-11H2,1-2H3. The molecule has 140 valence electrons. The van der Waals surface area contributed by atoms with E-state index in [4.69, 9.17) is 4.74 Å². The van der Waals surface area contributed by atoms with Crippen molar-refractivity contribution in [3.05, 3.63) is 53.3 Å². The zero-order valence-corrected chi connectivity index (χ0v) is 15.8. The molecule has 2 aromatic carbocycles. The highest BCUT2D eigenvalue weighted by molar-refractivity contribution is 7.92. The summed E-state index contributed by atoms with van der Waals surface area (Å²) in [5.74, 6) is -0.425. The molecule has 0 atom stereocenters. The number of nitrogens with zero attached hydrogens (tertiary/aromatic N) is 1. The van der Waals surface area contributed by atoms with Crippen molar-refractivity contribution in [3.63, 3.8) is 0 Å². The molecule has 0 saturated carbocycles. The van der Waals surface area contributed by atoms with E-state index in [-0.39, 0.29) is 4.90 Å². The number of hydrogen-bond donors (Lipinski definition) is 1. The van der Waals surface area contributed by atoms with Gasteiger partial charge in [-0.3, -0.25) is 4.72 Å². The molecule has 26 heavy (non-hydrogen) atoms. The first kappa shape index (κ1) is 18.7. The minimum atomic E-state index is -3.77. The second kappa shape index (κ2) is 7.63. The molecule has 0 unspecified atom stereocenters. The van der Waals surface area contributed by atoms with Gasteiger partial charge in [0.15, 0.2) is 0 Å². The fourth-order valence-corrected chi connectivity index (χ4v) is 4.28. The number of ether oxygens (including phenoxy) is 1. The SMILES string of the molecule is COCCN1CCCc2ccc(NS(=O)(=O)c3ccc(F)c(C)c3)cc21. The number of aryl methyl sites for hydroxylation is 2. The molecule has 7 heteroatoms. The largest absolute Gasteiger partial charge is 0.383 e. The van der Waals surface area contributed by atoms with E-state index in [2.05, 4.69) is 9.62 Å². The summed E-state index contributed by atoms with van der Waals surface area (Å²) >= 11 is 0. The smallest absolute Gasteiger partial charge is 0.261 e. The van der Waals surface area contributed by atoms with Crippen LogP contribution < -0.4 is 9.62 Å². The molecule has 0 saturated heterocycles. The first-order valence-electron chi connectivity index (χ1n) is 8.56. The van der Waals surface area contributed by atoms with Gasteiger partial charge in [0.1, 0.15) is 5.82 Å². The Balaban J connectivity index is 1.87. The number of benzene rings is 2. The van der Waals surface area contributed by atoms with E-state index in [1.54, 1.807) is 20.1 Å². The topological polar surface area (TPSA) is 58.6 Å². The lowest BCUT2D eigenvalue weighted by atomic mass is 10.0. The lowest BCUT2D eigenvalue weighted by molar-refractivity contribution is 0.205. The van der Waals surface area contributed by atoms with Crippen molar-refractivity contribution < 1.29 is 17.5 Å². The number of hydrogen-bond acceptors (Lipinski definition) is 4. The summed E-state index contributed by atoms with van der Waals surface area (Å²) in [6.45, 7) is 3.84. The fourth-order valence-electron chi connectivity index (χ4n) is 3.15. The molecule has 2 aromatic rings. The van der Waals surface area contributed by atoms with E-state index in [1.165, 1.54) is 23.8 Å². The highest BCUT2D eigenvalue weighted by Crippen LogP contribution is 2.31. The molecule has 1 aliphatic heterocycles. The molecule has 1 N–H and O–H groups in total. The van der Waals surface area contributed by atoms with E-state index in [0.717, 1.165) is 31.6 Å². The van der Waals surface area contributed by atoms with Gasteiger partial charge in [-0.15, -0.1) is 0 Å². The Bertz CT molecular complexity index is 900. The third kappa shape index (κ3) is 3.99. The number of fused-ring (bicyclic) bond motifs is 1. The molecule has 0 aromatic heterocycles. The van der Waals surface area contributed by atoms with E-state index < -0.39 is 15.8 Å². The highest BCUT2D eigenvalue weighted by Gasteiger charge is 2.20. The summed E-state index contributed by atoms with van der Waals surface area (Å²) in [7, 11) is -2.11. The minimum absolute atomic E-state index is 0.0466. The van der Waals surface area contributed by atoms with Crippen LogP contribution in [0.25, 0.3) is 0 Å². The van der Waals surface area contributed by atoms with Crippen molar-refractivity contribution in [2.24, 2.45) is 0 Å². The Hall–Kier alpha value is -2.12. The van der Waals surface area contributed by atoms with Crippen LogP contribution in [0.2, 0.25) is 0 Å². The molecule has 0 spiro atoms. The molecular weight excluding hydrogens is 355 g/mol. The highest BCUT2D eigenvalue weighted by atomic mass is 32.2. The van der Waals surface area contributed by atoms with Crippen LogP contribution in [0.4, 0.5) is 15.8 Å². The maximum absolute atomic E-state index is 13.4. The van der Waals surface area contributed by atoms with Crippen molar-refractivity contribution in [2.75, 3.05) is 36.4 Å². The van der Waals surface area contributed by atoms with Gasteiger partial charge in [-0.1, -0.05) is 6.07 Å². The van der Waals surface area contributed by atoms with Gasteiger partial charge in [-0.2, -0.15) is 0 Å². The Morgan fingerprint density at radius 2 is 2.04 bits per heavy atom. The molecule has 1 heterocycles. The van der Waals surface area contributed by atoms with Crippen LogP contribution in [0.3, 0.4) is 0 Å². The summed E-state index contributed by atoms with van der Waals surface area (Å²) in [5, 5.41) is 0. The normalized spacial score (nSPS) is 14.2. The number of sulfonamides is 1. The van der Waals surface area contributed by atoms with Gasteiger partial charge >= 0.3 is 0 Å². The van der Waals surface area contributed by atoms with Crippen molar-refractivity contribution in [2.45, 2.75) is 24.7 Å². The monoisotopic (exact) mass is 378 g/mol. The molecule has 5 nitrogen and oxygen atoms in total. The molecular formula is C19H23FN2O3S. The van der Waals surface area contributed by atoms with Crippen LogP contribution in [-0.2, 0) is 21.2 Å². The second-order valence-electron chi connectivity index (χ2n) is 6.44. The molecule has 1 aliphatic rings. The summed E-state index contributed by atoms with van der Waals surface area (Å²) in [6.07, 6.45) is 2.04. The van der Waals surface area contributed by atoms with Gasteiger partial charge in [0.05, 0.1) is 17.2 Å². The Labute approximate surface area is 153 Å². The molecule has 0 radical (unpaired) electrons. The van der Waals surface area contributed by atoms with Crippen molar-refractivity contribution in [1.82, 2.24) is 0 Å². The third-order valence-electron chi connectivity index (χ3n) is 4.56. The van der Waals surface area contributed by atoms with Gasteiger partial charge in [0.25, 0.3) is 10.0 Å². The maximum Gasteiger partial charge on any atom is 0.261 e. The zero-order valence-electron chi connectivity index (χ0n) is 15.0. The lowest BCUT2D eigenvalue weighted by Crippen LogP contribution is -2.32. The van der Waals surface area contributed by atoms with Crippen molar-refractivity contribution in [1.29, 1.82) is 0 Å². The van der Waals surface area contributed by atoms with Gasteiger partial charge in [0.2, 0.25) is 0 Å². The molecule has 0 fully saturated rings. The quantitative estimate of drug-likeness (QED) is 0.838. The number of methoxy groups -OCH3 is 1. The second-order valence-corrected chi connectivity index (χ2v) is 8.13. The molecule has 0 amide bonds.